The number of nitrogens with zero attached hydrogens (tertiary/aromatic N) is 3. The minimum absolute atomic E-state index is 0.0621. The van der Waals surface area contributed by atoms with Gasteiger partial charge in [0.2, 0.25) is 5.91 Å². The van der Waals surface area contributed by atoms with Gasteiger partial charge in [0.05, 0.1) is 30.7 Å². The summed E-state index contributed by atoms with van der Waals surface area (Å²) in [6.45, 7) is 4.52. The molecule has 0 radical (unpaired) electrons. The molecular formula is C34H51N5O6S. The van der Waals surface area contributed by atoms with Gasteiger partial charge in [0.1, 0.15) is 11.8 Å². The van der Waals surface area contributed by atoms with E-state index in [1.54, 1.807) is 13.2 Å². The van der Waals surface area contributed by atoms with Crippen LogP contribution in [0.3, 0.4) is 0 Å². The number of aliphatic hydroxyl groups excluding tert-OH is 1. The van der Waals surface area contributed by atoms with E-state index in [-0.39, 0.29) is 24.6 Å². The molecule has 46 heavy (non-hydrogen) atoms. The van der Waals surface area contributed by atoms with Crippen molar-refractivity contribution < 1.29 is 28.8 Å². The minimum Gasteiger partial charge on any atom is -0.615 e. The summed E-state index contributed by atoms with van der Waals surface area (Å²) in [5, 5.41) is 14.4. The van der Waals surface area contributed by atoms with Gasteiger partial charge >= 0.3 is 6.09 Å². The second-order valence-corrected chi connectivity index (χ2v) is 14.8. The first-order valence-electron chi connectivity index (χ1n) is 16.7. The summed E-state index contributed by atoms with van der Waals surface area (Å²) in [5.74, 6) is 0.351. The van der Waals surface area contributed by atoms with Crippen LogP contribution in [0, 0.1) is 11.8 Å². The molecule has 1 aromatic carbocycles. The predicted molar refractivity (Wildman–Crippen MR) is 177 cm³/mol. The molecular weight excluding hydrogens is 606 g/mol. The summed E-state index contributed by atoms with van der Waals surface area (Å²) in [5.41, 5.74) is 1.39. The van der Waals surface area contributed by atoms with Crippen molar-refractivity contribution in [3.8, 4) is 0 Å². The highest BCUT2D eigenvalue weighted by molar-refractivity contribution is 7.91. The number of aromatic nitrogens is 2. The zero-order valence-corrected chi connectivity index (χ0v) is 28.3. The first kappa shape index (κ1) is 35.8. The summed E-state index contributed by atoms with van der Waals surface area (Å²) in [4.78, 5) is 51.3. The number of nitrogens with one attached hydrogen (secondary N) is 2. The Morgan fingerprint density at radius 2 is 1.89 bits per heavy atom. The Labute approximate surface area is 276 Å². The van der Waals surface area contributed by atoms with Crippen molar-refractivity contribution in [2.75, 3.05) is 25.2 Å². The number of ether oxygens (including phenoxy) is 1. The van der Waals surface area contributed by atoms with Crippen LogP contribution in [-0.2, 0) is 38.3 Å². The zero-order valence-electron chi connectivity index (χ0n) is 27.4. The number of aromatic amines is 1. The third kappa shape index (κ3) is 10.7. The van der Waals surface area contributed by atoms with Gasteiger partial charge in [-0.15, -0.1) is 0 Å². The van der Waals surface area contributed by atoms with Gasteiger partial charge in [-0.25, -0.2) is 9.78 Å². The second kappa shape index (κ2) is 17.7. The van der Waals surface area contributed by atoms with Crippen molar-refractivity contribution in [3.63, 3.8) is 0 Å². The van der Waals surface area contributed by atoms with E-state index in [0.717, 1.165) is 37.7 Å². The molecule has 1 saturated heterocycles. The topological polar surface area (TPSA) is 151 Å². The Morgan fingerprint density at radius 3 is 2.52 bits per heavy atom. The lowest BCUT2D eigenvalue weighted by atomic mass is 9.83. The highest BCUT2D eigenvalue weighted by Gasteiger charge is 2.38. The molecule has 5 atom stereocenters. The van der Waals surface area contributed by atoms with Gasteiger partial charge in [-0.2, -0.15) is 0 Å². The number of aliphatic hydroxyl groups is 1. The molecule has 0 bridgehead atoms. The van der Waals surface area contributed by atoms with Gasteiger partial charge < -0.3 is 29.6 Å². The number of hydrogen-bond donors (Lipinski definition) is 3. The number of carbonyl (C=O) groups is 3. The van der Waals surface area contributed by atoms with Crippen molar-refractivity contribution in [1.29, 1.82) is 0 Å². The van der Waals surface area contributed by atoms with Crippen molar-refractivity contribution >= 4 is 29.1 Å². The van der Waals surface area contributed by atoms with Crippen LogP contribution in [0.4, 0.5) is 4.79 Å². The summed E-state index contributed by atoms with van der Waals surface area (Å²) >= 11 is -1.15. The maximum Gasteiger partial charge on any atom is 0.414 e. The molecule has 4 rings (SSSR count). The second-order valence-electron chi connectivity index (χ2n) is 13.2. The Kier molecular flexibility index (Phi) is 13.8. The zero-order chi connectivity index (χ0) is 33.1. The molecule has 0 spiro atoms. The fourth-order valence-electron chi connectivity index (χ4n) is 6.33. The Bertz CT molecular complexity index is 1230. The van der Waals surface area contributed by atoms with Crippen LogP contribution < -0.4 is 5.32 Å². The third-order valence-electron chi connectivity index (χ3n) is 9.15. The number of likely N-dealkylation sites (N-methyl/N-ethyl adjacent to an activating group) is 1. The van der Waals surface area contributed by atoms with Gasteiger partial charge in [-0.3, -0.25) is 14.5 Å². The number of rotatable bonds is 15. The van der Waals surface area contributed by atoms with Crippen LogP contribution in [-0.4, -0.2) is 96.8 Å². The molecule has 3 N–H and O–H groups in total. The lowest BCUT2D eigenvalue weighted by Crippen LogP contribution is -2.56. The molecule has 3 amide bonds. The van der Waals surface area contributed by atoms with Gasteiger partial charge in [0.15, 0.2) is 12.0 Å². The van der Waals surface area contributed by atoms with Crippen LogP contribution in [0.25, 0.3) is 0 Å². The van der Waals surface area contributed by atoms with Crippen LogP contribution in [0.5, 0.6) is 0 Å². The van der Waals surface area contributed by atoms with E-state index in [9.17, 15) is 24.0 Å². The van der Waals surface area contributed by atoms with Crippen molar-refractivity contribution in [2.45, 2.75) is 102 Å². The number of imidazole rings is 1. The van der Waals surface area contributed by atoms with Gasteiger partial charge in [-0.05, 0) is 47.8 Å². The fourth-order valence-corrected chi connectivity index (χ4v) is 7.46. The molecule has 2 fully saturated rings. The number of hydrogen-bond acceptors (Lipinski definition) is 7. The standard InChI is InChI=1S/C34H51N5O6S/c1-24(2)14-15-30(40)28(18-25-10-6-4-7-11-25)37-32(41)29(20-27-21-35-22-36-27)38(3)33(42)31(19-26-12-8-5-9-13-26)45-34(43)39-16-17-46(44)23-39/h5,8-9,12-13,21-22,24-25,28-31,40H,4,6-7,10-11,14-20,23H2,1-3H3,(H,35,36)(H,37,41)/t28?,29-,30?,31?,46?/m0/s1. The van der Waals surface area contributed by atoms with E-state index in [1.807, 2.05) is 30.3 Å². The Hall–Kier alpha value is -3.09. The van der Waals surface area contributed by atoms with E-state index in [1.165, 1.54) is 22.5 Å². The fraction of sp³-hybridized carbons (Fsp3) is 0.647. The molecule has 1 saturated carbocycles. The van der Waals surface area contributed by atoms with E-state index < -0.39 is 47.5 Å². The summed E-state index contributed by atoms with van der Waals surface area (Å²) in [6, 6.07) is 7.82. The lowest BCUT2D eigenvalue weighted by molar-refractivity contribution is -0.146. The molecule has 11 nitrogen and oxygen atoms in total. The van der Waals surface area contributed by atoms with Gasteiger partial charge in [0, 0.05) is 26.1 Å². The smallest absolute Gasteiger partial charge is 0.414 e. The average Bonchev–Trinajstić information content (AvgIpc) is 3.74. The summed E-state index contributed by atoms with van der Waals surface area (Å²) in [6.07, 6.45) is 8.60. The molecule has 4 unspecified atom stereocenters. The molecule has 12 heteroatoms. The summed E-state index contributed by atoms with van der Waals surface area (Å²) < 4.78 is 17.7. The lowest BCUT2D eigenvalue weighted by Gasteiger charge is -2.34. The van der Waals surface area contributed by atoms with Gasteiger partial charge in [0.25, 0.3) is 5.91 Å². The largest absolute Gasteiger partial charge is 0.615 e. The van der Waals surface area contributed by atoms with Gasteiger partial charge in [-0.1, -0.05) is 76.3 Å². The highest BCUT2D eigenvalue weighted by Crippen LogP contribution is 2.29. The van der Waals surface area contributed by atoms with E-state index in [4.69, 9.17) is 4.74 Å². The quantitative estimate of drug-likeness (QED) is 0.247. The molecule has 1 aromatic heterocycles. The first-order valence-corrected chi connectivity index (χ1v) is 18.2. The van der Waals surface area contributed by atoms with E-state index in [0.29, 0.717) is 42.7 Å². The van der Waals surface area contributed by atoms with Crippen molar-refractivity contribution in [2.24, 2.45) is 11.8 Å². The Morgan fingerprint density at radius 1 is 1.15 bits per heavy atom. The number of benzene rings is 1. The maximum absolute atomic E-state index is 14.2. The average molecular weight is 658 g/mol. The monoisotopic (exact) mass is 657 g/mol. The van der Waals surface area contributed by atoms with Crippen molar-refractivity contribution in [1.82, 2.24) is 25.1 Å². The maximum atomic E-state index is 14.2. The molecule has 254 valence electrons. The molecule has 1 aliphatic carbocycles. The van der Waals surface area contributed by atoms with E-state index >= 15 is 0 Å². The van der Waals surface area contributed by atoms with Crippen molar-refractivity contribution in [3.05, 3.63) is 54.1 Å². The highest BCUT2D eigenvalue weighted by atomic mass is 32.2. The van der Waals surface area contributed by atoms with Crippen LogP contribution >= 0.6 is 0 Å². The molecule has 2 aromatic rings. The molecule has 2 heterocycles. The normalized spacial score (nSPS) is 19.8. The van der Waals surface area contributed by atoms with Crippen LogP contribution in [0.1, 0.15) is 76.5 Å². The first-order chi connectivity index (χ1) is 22.1. The number of amides is 3. The number of H-pyrrole nitrogens is 1. The van der Waals surface area contributed by atoms with Crippen LogP contribution in [0.15, 0.2) is 42.9 Å². The minimum atomic E-state index is -1.21. The summed E-state index contributed by atoms with van der Waals surface area (Å²) in [7, 11) is 1.54. The Balaban J connectivity index is 1.56. The third-order valence-corrected chi connectivity index (χ3v) is 10.4. The SMILES string of the molecule is CC(C)CCC(O)C(CC1CCCCC1)NC(=O)[C@H](Cc1c[nH]cn1)N(C)C(=O)C(Cc1ccccc1)OC(=O)N1CC[S+]([O-])C1. The van der Waals surface area contributed by atoms with Crippen LogP contribution in [0.2, 0.25) is 0 Å². The predicted octanol–water partition coefficient (Wildman–Crippen LogP) is 3.80. The molecule has 2 aliphatic rings. The van der Waals surface area contributed by atoms with E-state index in [2.05, 4.69) is 29.1 Å². The number of carbonyl (C=O) groups excluding carboxylic acids is 3. The molecule has 1 aliphatic heterocycles.